The first-order valence-corrected chi connectivity index (χ1v) is 6.94. The molecule has 0 saturated heterocycles. The maximum Gasteiger partial charge on any atom is 0.270 e. The first kappa shape index (κ1) is 15.2. The molecule has 1 aromatic carbocycles. The largest absolute Gasteiger partial charge is 0.396 e. The van der Waals surface area contributed by atoms with E-state index >= 15 is 0 Å². The number of anilines is 1. The normalized spacial score (nSPS) is 12.6. The zero-order valence-electron chi connectivity index (χ0n) is 12.1. The molecule has 0 spiro atoms. The minimum Gasteiger partial charge on any atom is -0.396 e. The number of nitrogens with zero attached hydrogens (tertiary/aromatic N) is 2. The summed E-state index contributed by atoms with van der Waals surface area (Å²) in [6.45, 7) is 4.28. The minimum atomic E-state index is -0.415. The number of fused-ring (bicyclic) bond motifs is 1. The molecule has 0 radical (unpaired) electrons. The summed E-state index contributed by atoms with van der Waals surface area (Å²) < 4.78 is 0. The van der Waals surface area contributed by atoms with E-state index in [2.05, 4.69) is 24.1 Å². The van der Waals surface area contributed by atoms with Gasteiger partial charge in [-0.25, -0.2) is 4.98 Å². The fourth-order valence-electron chi connectivity index (χ4n) is 2.21. The van der Waals surface area contributed by atoms with Crippen molar-refractivity contribution in [2.45, 2.75) is 26.3 Å². The van der Waals surface area contributed by atoms with Gasteiger partial charge in [-0.2, -0.15) is 0 Å². The molecule has 0 amide bonds. The second-order valence-corrected chi connectivity index (χ2v) is 5.34. The molecule has 6 heteroatoms. The quantitative estimate of drug-likeness (QED) is 0.630. The highest BCUT2D eigenvalue weighted by Crippen LogP contribution is 2.22. The molecule has 2 aromatic rings. The number of nitro benzene ring substituents is 1. The lowest BCUT2D eigenvalue weighted by Gasteiger charge is -2.22. The van der Waals surface area contributed by atoms with Crippen LogP contribution in [0, 0.1) is 16.0 Å². The number of benzene rings is 1. The Labute approximate surface area is 123 Å². The highest BCUT2D eigenvalue weighted by Gasteiger charge is 2.13. The first-order valence-electron chi connectivity index (χ1n) is 6.94. The number of aliphatic hydroxyl groups excluding tert-OH is 1. The Morgan fingerprint density at radius 3 is 2.71 bits per heavy atom. The molecular formula is C15H19N3O3. The van der Waals surface area contributed by atoms with Gasteiger partial charge in [-0.1, -0.05) is 13.8 Å². The molecule has 1 unspecified atom stereocenters. The van der Waals surface area contributed by atoms with Crippen LogP contribution in [0.1, 0.15) is 20.3 Å². The van der Waals surface area contributed by atoms with E-state index in [-0.39, 0.29) is 18.3 Å². The fraction of sp³-hybridized carbons (Fsp3) is 0.400. The summed E-state index contributed by atoms with van der Waals surface area (Å²) in [5.74, 6) is 1.08. The van der Waals surface area contributed by atoms with Crippen LogP contribution in [0.5, 0.6) is 0 Å². The summed E-state index contributed by atoms with van der Waals surface area (Å²) in [7, 11) is 0. The van der Waals surface area contributed by atoms with Crippen molar-refractivity contribution in [1.29, 1.82) is 0 Å². The minimum absolute atomic E-state index is 0.0605. The molecule has 1 atom stereocenters. The zero-order chi connectivity index (χ0) is 15.4. The van der Waals surface area contributed by atoms with Crippen molar-refractivity contribution < 1.29 is 10.0 Å². The third kappa shape index (κ3) is 3.66. The van der Waals surface area contributed by atoms with Crippen LogP contribution >= 0.6 is 0 Å². The van der Waals surface area contributed by atoms with Crippen LogP contribution < -0.4 is 5.32 Å². The number of rotatable bonds is 6. The summed E-state index contributed by atoms with van der Waals surface area (Å²) in [6, 6.07) is 8.37. The molecule has 21 heavy (non-hydrogen) atoms. The molecule has 1 heterocycles. The van der Waals surface area contributed by atoms with Crippen LogP contribution in [0.15, 0.2) is 30.3 Å². The topological polar surface area (TPSA) is 88.3 Å². The SMILES string of the molecule is CC(C)C(CCO)Nc1ccc2cc([N+](=O)[O-])ccc2n1. The van der Waals surface area contributed by atoms with Gasteiger partial charge in [-0.15, -0.1) is 0 Å². The Balaban J connectivity index is 2.26. The number of hydrogen-bond acceptors (Lipinski definition) is 5. The van der Waals surface area contributed by atoms with Crippen LogP contribution in [0.3, 0.4) is 0 Å². The molecular weight excluding hydrogens is 270 g/mol. The Morgan fingerprint density at radius 1 is 1.33 bits per heavy atom. The molecule has 0 saturated carbocycles. The van der Waals surface area contributed by atoms with E-state index in [1.54, 1.807) is 12.1 Å². The number of nitrogens with one attached hydrogen (secondary N) is 1. The van der Waals surface area contributed by atoms with E-state index in [1.807, 2.05) is 6.07 Å². The summed E-state index contributed by atoms with van der Waals surface area (Å²) in [5.41, 5.74) is 0.766. The van der Waals surface area contributed by atoms with Gasteiger partial charge in [0.2, 0.25) is 0 Å². The predicted molar refractivity (Wildman–Crippen MR) is 82.3 cm³/mol. The van der Waals surface area contributed by atoms with Gasteiger partial charge in [0.05, 0.1) is 10.4 Å². The van der Waals surface area contributed by atoms with Crippen LogP contribution in [-0.2, 0) is 0 Å². The van der Waals surface area contributed by atoms with E-state index in [4.69, 9.17) is 5.11 Å². The fourth-order valence-corrected chi connectivity index (χ4v) is 2.21. The van der Waals surface area contributed by atoms with Crippen molar-refractivity contribution in [2.75, 3.05) is 11.9 Å². The highest BCUT2D eigenvalue weighted by atomic mass is 16.6. The monoisotopic (exact) mass is 289 g/mol. The summed E-state index contributed by atoms with van der Waals surface area (Å²) in [4.78, 5) is 14.8. The average molecular weight is 289 g/mol. The van der Waals surface area contributed by atoms with Crippen molar-refractivity contribution >= 4 is 22.4 Å². The van der Waals surface area contributed by atoms with Gasteiger partial charge < -0.3 is 10.4 Å². The molecule has 112 valence electrons. The third-order valence-corrected chi connectivity index (χ3v) is 3.46. The van der Waals surface area contributed by atoms with Gasteiger partial charge in [0, 0.05) is 30.2 Å². The van der Waals surface area contributed by atoms with Gasteiger partial charge in [0.1, 0.15) is 5.82 Å². The van der Waals surface area contributed by atoms with Crippen molar-refractivity contribution in [1.82, 2.24) is 4.98 Å². The molecule has 0 aliphatic rings. The highest BCUT2D eigenvalue weighted by molar-refractivity contribution is 5.82. The van der Waals surface area contributed by atoms with Crippen molar-refractivity contribution in [3.63, 3.8) is 0 Å². The molecule has 0 aliphatic heterocycles. The maximum atomic E-state index is 10.8. The molecule has 2 N–H and O–H groups in total. The van der Waals surface area contributed by atoms with Gasteiger partial charge in [-0.3, -0.25) is 10.1 Å². The first-order chi connectivity index (χ1) is 10.0. The van der Waals surface area contributed by atoms with Gasteiger partial charge in [0.25, 0.3) is 5.69 Å². The summed E-state index contributed by atoms with van der Waals surface area (Å²) in [5, 5.41) is 23.9. The Morgan fingerprint density at radius 2 is 2.10 bits per heavy atom. The number of aromatic nitrogens is 1. The smallest absolute Gasteiger partial charge is 0.270 e. The van der Waals surface area contributed by atoms with Crippen molar-refractivity contribution in [3.8, 4) is 0 Å². The van der Waals surface area contributed by atoms with E-state index < -0.39 is 4.92 Å². The molecule has 1 aromatic heterocycles. The Bertz CT molecular complexity index is 643. The number of pyridine rings is 1. The number of non-ortho nitro benzene ring substituents is 1. The van der Waals surface area contributed by atoms with Crippen LogP contribution in [0.4, 0.5) is 11.5 Å². The van der Waals surface area contributed by atoms with Gasteiger partial charge in [0.15, 0.2) is 0 Å². The summed E-state index contributed by atoms with van der Waals surface area (Å²) in [6.07, 6.45) is 0.650. The third-order valence-electron chi connectivity index (χ3n) is 3.46. The zero-order valence-corrected chi connectivity index (χ0v) is 12.1. The maximum absolute atomic E-state index is 10.8. The number of nitro groups is 1. The van der Waals surface area contributed by atoms with Crippen LogP contribution in [-0.4, -0.2) is 27.7 Å². The Hall–Kier alpha value is -2.21. The van der Waals surface area contributed by atoms with E-state index in [1.165, 1.54) is 12.1 Å². The van der Waals surface area contributed by atoms with E-state index in [0.717, 1.165) is 5.39 Å². The molecule has 0 fully saturated rings. The summed E-state index contributed by atoms with van der Waals surface area (Å²) >= 11 is 0. The number of hydrogen-bond donors (Lipinski definition) is 2. The van der Waals surface area contributed by atoms with Crippen molar-refractivity contribution in [3.05, 3.63) is 40.4 Å². The van der Waals surface area contributed by atoms with Gasteiger partial charge >= 0.3 is 0 Å². The number of aliphatic hydroxyl groups is 1. The molecule has 6 nitrogen and oxygen atoms in total. The second-order valence-electron chi connectivity index (χ2n) is 5.34. The van der Waals surface area contributed by atoms with Gasteiger partial charge in [-0.05, 0) is 30.5 Å². The van der Waals surface area contributed by atoms with Crippen LogP contribution in [0.2, 0.25) is 0 Å². The van der Waals surface area contributed by atoms with E-state index in [9.17, 15) is 10.1 Å². The lowest BCUT2D eigenvalue weighted by molar-refractivity contribution is -0.384. The second kappa shape index (κ2) is 6.49. The molecule has 0 aliphatic carbocycles. The standard InChI is InChI=1S/C15H19N3O3/c1-10(2)13(7-8-19)16-15-6-3-11-9-12(18(20)21)4-5-14(11)17-15/h3-6,9-10,13,19H,7-8H2,1-2H3,(H,16,17). The average Bonchev–Trinajstić information content (AvgIpc) is 2.46. The Kier molecular flexibility index (Phi) is 4.70. The lowest BCUT2D eigenvalue weighted by Crippen LogP contribution is -2.27. The molecule has 2 rings (SSSR count). The lowest BCUT2D eigenvalue weighted by atomic mass is 10.0. The molecule has 0 bridgehead atoms. The van der Waals surface area contributed by atoms with Crippen molar-refractivity contribution in [2.24, 2.45) is 5.92 Å². The van der Waals surface area contributed by atoms with E-state index in [0.29, 0.717) is 23.7 Å². The van der Waals surface area contributed by atoms with Crippen LogP contribution in [0.25, 0.3) is 10.9 Å². The predicted octanol–water partition coefficient (Wildman–Crippen LogP) is 2.96.